The highest BCUT2D eigenvalue weighted by atomic mass is 32.2. The number of hydrogen-bond donors (Lipinski definition) is 2. The lowest BCUT2D eigenvalue weighted by Crippen LogP contribution is -2.38. The lowest BCUT2D eigenvalue weighted by atomic mass is 10.2. The minimum atomic E-state index is -0.158. The number of carbonyl (C=O) groups is 1. The average molecular weight is 267 g/mol. The van der Waals surface area contributed by atoms with Crippen LogP contribution in [0.5, 0.6) is 0 Å². The van der Waals surface area contributed by atoms with Crippen molar-refractivity contribution in [3.63, 3.8) is 0 Å². The zero-order valence-electron chi connectivity index (χ0n) is 10.6. The minimum Gasteiger partial charge on any atom is -0.296 e. The first-order valence-electron chi connectivity index (χ1n) is 6.09. The number of thioether (sulfide) groups is 1. The highest BCUT2D eigenvalue weighted by Crippen LogP contribution is 2.12. The van der Waals surface area contributed by atoms with Gasteiger partial charge in [0.25, 0.3) is 0 Å². The Bertz CT molecular complexity index is 433. The van der Waals surface area contributed by atoms with Gasteiger partial charge in [0.1, 0.15) is 0 Å². The van der Waals surface area contributed by atoms with E-state index in [0.29, 0.717) is 5.95 Å². The number of carbonyl (C=O) groups excluding carboxylic acids is 1. The quantitative estimate of drug-likeness (QED) is 0.831. The van der Waals surface area contributed by atoms with E-state index in [1.165, 1.54) is 0 Å². The van der Waals surface area contributed by atoms with E-state index in [-0.39, 0.29) is 11.9 Å². The van der Waals surface area contributed by atoms with Crippen molar-refractivity contribution in [3.05, 3.63) is 11.4 Å². The van der Waals surface area contributed by atoms with Crippen molar-refractivity contribution in [3.8, 4) is 0 Å². The number of anilines is 1. The normalized spacial score (nSPS) is 18.9. The number of aryl methyl sites for hydroxylation is 2. The fraction of sp³-hybridized carbons (Fsp3) is 0.636. The molecule has 18 heavy (non-hydrogen) atoms. The predicted molar refractivity (Wildman–Crippen MR) is 71.5 cm³/mol. The standard InChI is InChI=1S/C11H17N5OS/c1-3-7-8(4-2)15-16-11(13-7)14-10(17)9-5-18-6-12-9/h9,12H,3-6H2,1-2H3,(H,13,14,16,17). The van der Waals surface area contributed by atoms with Gasteiger partial charge < -0.3 is 0 Å². The number of rotatable bonds is 4. The van der Waals surface area contributed by atoms with Gasteiger partial charge in [0.2, 0.25) is 11.9 Å². The number of hydrogen-bond acceptors (Lipinski definition) is 6. The highest BCUT2D eigenvalue weighted by molar-refractivity contribution is 7.99. The maximum atomic E-state index is 11.9. The summed E-state index contributed by atoms with van der Waals surface area (Å²) in [7, 11) is 0. The van der Waals surface area contributed by atoms with Gasteiger partial charge in [-0.2, -0.15) is 0 Å². The summed E-state index contributed by atoms with van der Waals surface area (Å²) in [6.07, 6.45) is 1.59. The van der Waals surface area contributed by atoms with Crippen molar-refractivity contribution in [2.45, 2.75) is 32.7 Å². The Hall–Kier alpha value is -1.21. The maximum absolute atomic E-state index is 11.9. The summed E-state index contributed by atoms with van der Waals surface area (Å²) in [5.41, 5.74) is 1.79. The predicted octanol–water partition coefficient (Wildman–Crippen LogP) is 0.597. The van der Waals surface area contributed by atoms with Crippen LogP contribution in [-0.2, 0) is 17.6 Å². The molecule has 0 aromatic carbocycles. The second-order valence-electron chi connectivity index (χ2n) is 4.00. The van der Waals surface area contributed by atoms with Crippen LogP contribution in [0.2, 0.25) is 0 Å². The summed E-state index contributed by atoms with van der Waals surface area (Å²) in [4.78, 5) is 16.2. The molecule has 1 atom stereocenters. The van der Waals surface area contributed by atoms with E-state index in [0.717, 1.165) is 35.9 Å². The Morgan fingerprint density at radius 1 is 1.39 bits per heavy atom. The number of amides is 1. The molecule has 0 saturated carbocycles. The molecule has 1 aliphatic rings. The van der Waals surface area contributed by atoms with Crippen LogP contribution in [0.25, 0.3) is 0 Å². The largest absolute Gasteiger partial charge is 0.296 e. The van der Waals surface area contributed by atoms with Crippen molar-refractivity contribution in [1.29, 1.82) is 0 Å². The van der Waals surface area contributed by atoms with E-state index in [1.54, 1.807) is 11.8 Å². The van der Waals surface area contributed by atoms with E-state index in [4.69, 9.17) is 0 Å². The fourth-order valence-corrected chi connectivity index (χ4v) is 2.69. The van der Waals surface area contributed by atoms with Crippen LogP contribution < -0.4 is 10.6 Å². The van der Waals surface area contributed by atoms with E-state index in [9.17, 15) is 4.79 Å². The first-order chi connectivity index (χ1) is 8.74. The Morgan fingerprint density at radius 2 is 2.17 bits per heavy atom. The van der Waals surface area contributed by atoms with Crippen LogP contribution >= 0.6 is 11.8 Å². The van der Waals surface area contributed by atoms with Crippen LogP contribution in [0.15, 0.2) is 0 Å². The van der Waals surface area contributed by atoms with Crippen LogP contribution in [0, 0.1) is 0 Å². The van der Waals surface area contributed by atoms with Gasteiger partial charge in [0.15, 0.2) is 0 Å². The number of nitrogens with one attached hydrogen (secondary N) is 2. The molecule has 0 radical (unpaired) electrons. The third-order valence-corrected chi connectivity index (χ3v) is 3.72. The summed E-state index contributed by atoms with van der Waals surface area (Å²) < 4.78 is 0. The monoisotopic (exact) mass is 267 g/mol. The summed E-state index contributed by atoms with van der Waals surface area (Å²) in [5.74, 6) is 1.81. The summed E-state index contributed by atoms with van der Waals surface area (Å²) in [6.45, 7) is 4.03. The van der Waals surface area contributed by atoms with E-state index < -0.39 is 0 Å². The molecule has 98 valence electrons. The maximum Gasteiger partial charge on any atom is 0.249 e. The Labute approximate surface area is 110 Å². The molecule has 1 fully saturated rings. The third kappa shape index (κ3) is 2.97. The zero-order chi connectivity index (χ0) is 13.0. The zero-order valence-corrected chi connectivity index (χ0v) is 11.4. The van der Waals surface area contributed by atoms with Gasteiger partial charge in [-0.15, -0.1) is 22.0 Å². The Kier molecular flexibility index (Phi) is 4.48. The second-order valence-corrected chi connectivity index (χ2v) is 5.03. The van der Waals surface area contributed by atoms with Gasteiger partial charge in [-0.05, 0) is 12.8 Å². The van der Waals surface area contributed by atoms with Crippen LogP contribution in [0.1, 0.15) is 25.2 Å². The molecule has 1 aromatic heterocycles. The first kappa shape index (κ1) is 13.2. The topological polar surface area (TPSA) is 79.8 Å². The second kappa shape index (κ2) is 6.10. The van der Waals surface area contributed by atoms with Crippen molar-refractivity contribution in [2.24, 2.45) is 0 Å². The van der Waals surface area contributed by atoms with Gasteiger partial charge in [-0.1, -0.05) is 13.8 Å². The molecule has 6 nitrogen and oxygen atoms in total. The molecular weight excluding hydrogens is 250 g/mol. The van der Waals surface area contributed by atoms with Crippen molar-refractivity contribution >= 4 is 23.6 Å². The summed E-state index contributed by atoms with van der Waals surface area (Å²) in [6, 6.07) is -0.158. The smallest absolute Gasteiger partial charge is 0.249 e. The Balaban J connectivity index is 2.06. The van der Waals surface area contributed by atoms with Gasteiger partial charge in [-0.3, -0.25) is 15.4 Å². The first-order valence-corrected chi connectivity index (χ1v) is 7.24. The lowest BCUT2D eigenvalue weighted by molar-refractivity contribution is -0.117. The number of nitrogens with zero attached hydrogens (tertiary/aromatic N) is 3. The molecular formula is C11H17N5OS. The van der Waals surface area contributed by atoms with Crippen LogP contribution in [0.3, 0.4) is 0 Å². The third-order valence-electron chi connectivity index (χ3n) is 2.78. The molecule has 2 heterocycles. The van der Waals surface area contributed by atoms with E-state index in [2.05, 4.69) is 25.8 Å². The van der Waals surface area contributed by atoms with Gasteiger partial charge in [-0.25, -0.2) is 4.98 Å². The van der Waals surface area contributed by atoms with Gasteiger partial charge in [0, 0.05) is 11.6 Å². The van der Waals surface area contributed by atoms with Gasteiger partial charge in [0.05, 0.1) is 17.4 Å². The highest BCUT2D eigenvalue weighted by Gasteiger charge is 2.23. The van der Waals surface area contributed by atoms with Crippen LogP contribution in [0.4, 0.5) is 5.95 Å². The molecule has 1 unspecified atom stereocenters. The Morgan fingerprint density at radius 3 is 2.78 bits per heavy atom. The molecule has 1 aliphatic heterocycles. The van der Waals surface area contributed by atoms with Gasteiger partial charge >= 0.3 is 0 Å². The molecule has 0 spiro atoms. The molecule has 2 N–H and O–H groups in total. The van der Waals surface area contributed by atoms with E-state index >= 15 is 0 Å². The van der Waals surface area contributed by atoms with Crippen molar-refractivity contribution in [1.82, 2.24) is 20.5 Å². The fourth-order valence-electron chi connectivity index (χ4n) is 1.75. The minimum absolute atomic E-state index is 0.0897. The summed E-state index contributed by atoms with van der Waals surface area (Å²) >= 11 is 1.71. The SMILES string of the molecule is CCc1nnc(NC(=O)C2CSCN2)nc1CC. The molecule has 7 heteroatoms. The van der Waals surface area contributed by atoms with Crippen molar-refractivity contribution in [2.75, 3.05) is 16.9 Å². The molecule has 1 amide bonds. The average Bonchev–Trinajstić information content (AvgIpc) is 2.92. The molecule has 0 aliphatic carbocycles. The van der Waals surface area contributed by atoms with Crippen molar-refractivity contribution < 1.29 is 4.79 Å². The molecule has 2 rings (SSSR count). The lowest BCUT2D eigenvalue weighted by Gasteiger charge is -2.10. The van der Waals surface area contributed by atoms with Crippen LogP contribution in [-0.4, -0.2) is 38.8 Å². The molecule has 1 saturated heterocycles. The number of aromatic nitrogens is 3. The molecule has 0 bridgehead atoms. The summed E-state index contributed by atoms with van der Waals surface area (Å²) in [5, 5.41) is 13.8. The molecule has 1 aromatic rings. The van der Waals surface area contributed by atoms with E-state index in [1.807, 2.05) is 13.8 Å².